The monoisotopic (exact) mass is 379 g/mol. The SMILES string of the molecule is CCCCN(C)C(=O)c1nc2ccccn2c1CN(CC)Cc1ccncc1. The van der Waals surface area contributed by atoms with E-state index in [0.717, 1.165) is 43.8 Å². The fourth-order valence-electron chi connectivity index (χ4n) is 3.28. The highest BCUT2D eigenvalue weighted by Crippen LogP contribution is 2.18. The van der Waals surface area contributed by atoms with Gasteiger partial charge in [-0.3, -0.25) is 14.7 Å². The Hall–Kier alpha value is -2.73. The molecular weight excluding hydrogens is 350 g/mol. The number of imidazole rings is 1. The first-order valence-electron chi connectivity index (χ1n) is 9.96. The van der Waals surface area contributed by atoms with Crippen molar-refractivity contribution in [2.45, 2.75) is 39.8 Å². The second-order valence-electron chi connectivity index (χ2n) is 7.07. The smallest absolute Gasteiger partial charge is 0.274 e. The Labute approximate surface area is 166 Å². The summed E-state index contributed by atoms with van der Waals surface area (Å²) >= 11 is 0. The van der Waals surface area contributed by atoms with Gasteiger partial charge in [0.15, 0.2) is 5.69 Å². The normalized spacial score (nSPS) is 11.3. The minimum Gasteiger partial charge on any atom is -0.340 e. The number of fused-ring (bicyclic) bond motifs is 1. The maximum Gasteiger partial charge on any atom is 0.274 e. The summed E-state index contributed by atoms with van der Waals surface area (Å²) in [6, 6.07) is 9.94. The molecule has 0 aliphatic rings. The van der Waals surface area contributed by atoms with E-state index in [9.17, 15) is 4.79 Å². The fraction of sp³-hybridized carbons (Fsp3) is 0.409. The van der Waals surface area contributed by atoms with Crippen molar-refractivity contribution < 1.29 is 4.79 Å². The van der Waals surface area contributed by atoms with Gasteiger partial charge >= 0.3 is 0 Å². The number of unbranched alkanes of at least 4 members (excludes halogenated alkanes) is 1. The Bertz CT molecular complexity index is 906. The largest absolute Gasteiger partial charge is 0.340 e. The maximum atomic E-state index is 13.1. The van der Waals surface area contributed by atoms with Gasteiger partial charge in [-0.15, -0.1) is 0 Å². The molecule has 3 heterocycles. The molecule has 0 spiro atoms. The maximum absolute atomic E-state index is 13.1. The summed E-state index contributed by atoms with van der Waals surface area (Å²) in [5, 5.41) is 0. The molecule has 0 aliphatic heterocycles. The number of aromatic nitrogens is 3. The lowest BCUT2D eigenvalue weighted by Gasteiger charge is -2.22. The van der Waals surface area contributed by atoms with E-state index in [1.165, 1.54) is 5.56 Å². The summed E-state index contributed by atoms with van der Waals surface area (Å²) in [4.78, 5) is 26.0. The molecule has 0 aromatic carbocycles. The van der Waals surface area contributed by atoms with Crippen molar-refractivity contribution in [2.24, 2.45) is 0 Å². The predicted molar refractivity (Wildman–Crippen MR) is 111 cm³/mol. The predicted octanol–water partition coefficient (Wildman–Crippen LogP) is 3.62. The van der Waals surface area contributed by atoms with Crippen LogP contribution in [0.5, 0.6) is 0 Å². The summed E-state index contributed by atoms with van der Waals surface area (Å²) in [6.45, 7) is 7.36. The number of rotatable bonds is 9. The molecule has 0 unspecified atom stereocenters. The molecule has 148 valence electrons. The van der Waals surface area contributed by atoms with E-state index in [1.54, 1.807) is 4.90 Å². The summed E-state index contributed by atoms with van der Waals surface area (Å²) in [6.07, 6.45) is 7.67. The van der Waals surface area contributed by atoms with Gasteiger partial charge in [-0.25, -0.2) is 4.98 Å². The highest BCUT2D eigenvalue weighted by molar-refractivity contribution is 5.94. The van der Waals surface area contributed by atoms with Crippen LogP contribution in [-0.4, -0.2) is 50.2 Å². The lowest BCUT2D eigenvalue weighted by molar-refractivity contribution is 0.0785. The van der Waals surface area contributed by atoms with E-state index in [2.05, 4.69) is 28.7 Å². The first-order chi connectivity index (χ1) is 13.6. The van der Waals surface area contributed by atoms with Crippen LogP contribution in [0.15, 0.2) is 48.9 Å². The third-order valence-electron chi connectivity index (χ3n) is 5.00. The van der Waals surface area contributed by atoms with Crippen LogP contribution in [0.2, 0.25) is 0 Å². The molecule has 0 saturated carbocycles. The number of carbonyl (C=O) groups excluding carboxylic acids is 1. The zero-order valence-electron chi connectivity index (χ0n) is 17.0. The number of amides is 1. The van der Waals surface area contributed by atoms with Gasteiger partial charge in [0, 0.05) is 45.3 Å². The van der Waals surface area contributed by atoms with Crippen molar-refractivity contribution >= 4 is 11.6 Å². The average Bonchev–Trinajstić information content (AvgIpc) is 3.10. The van der Waals surface area contributed by atoms with Crippen molar-refractivity contribution in [3.05, 3.63) is 65.9 Å². The number of carbonyl (C=O) groups is 1. The quantitative estimate of drug-likeness (QED) is 0.570. The molecule has 1 amide bonds. The molecule has 6 heteroatoms. The third kappa shape index (κ3) is 4.57. The second-order valence-corrected chi connectivity index (χ2v) is 7.07. The van der Waals surface area contributed by atoms with Gasteiger partial charge in [0.25, 0.3) is 5.91 Å². The van der Waals surface area contributed by atoms with Crippen LogP contribution in [0.25, 0.3) is 5.65 Å². The number of pyridine rings is 2. The Kier molecular flexibility index (Phi) is 6.76. The molecular formula is C22H29N5O. The highest BCUT2D eigenvalue weighted by Gasteiger charge is 2.23. The number of nitrogens with zero attached hydrogens (tertiary/aromatic N) is 5. The van der Waals surface area contributed by atoms with Crippen LogP contribution < -0.4 is 0 Å². The van der Waals surface area contributed by atoms with Gasteiger partial charge in [-0.05, 0) is 42.8 Å². The molecule has 0 saturated heterocycles. The summed E-state index contributed by atoms with van der Waals surface area (Å²) in [5.41, 5.74) is 3.51. The number of hydrogen-bond acceptors (Lipinski definition) is 4. The fourth-order valence-corrected chi connectivity index (χ4v) is 3.28. The van der Waals surface area contributed by atoms with Gasteiger partial charge in [0.05, 0.1) is 5.69 Å². The van der Waals surface area contributed by atoms with E-state index < -0.39 is 0 Å². The Morgan fingerprint density at radius 1 is 1.11 bits per heavy atom. The van der Waals surface area contributed by atoms with E-state index in [0.29, 0.717) is 12.2 Å². The molecule has 3 rings (SSSR count). The molecule has 0 fully saturated rings. The van der Waals surface area contributed by atoms with Gasteiger partial charge in [-0.2, -0.15) is 0 Å². The van der Waals surface area contributed by atoms with Crippen molar-refractivity contribution in [3.8, 4) is 0 Å². The lowest BCUT2D eigenvalue weighted by Crippen LogP contribution is -2.30. The van der Waals surface area contributed by atoms with E-state index >= 15 is 0 Å². The Balaban J connectivity index is 1.90. The second kappa shape index (κ2) is 9.46. The summed E-state index contributed by atoms with van der Waals surface area (Å²) in [7, 11) is 1.86. The van der Waals surface area contributed by atoms with Crippen LogP contribution in [0, 0.1) is 0 Å². The third-order valence-corrected chi connectivity index (χ3v) is 5.00. The van der Waals surface area contributed by atoms with E-state index in [-0.39, 0.29) is 5.91 Å². The molecule has 0 bridgehead atoms. The topological polar surface area (TPSA) is 53.7 Å². The molecule has 3 aromatic rings. The molecule has 0 radical (unpaired) electrons. The molecule has 28 heavy (non-hydrogen) atoms. The van der Waals surface area contributed by atoms with Crippen LogP contribution >= 0.6 is 0 Å². The minimum absolute atomic E-state index is 0.00730. The Morgan fingerprint density at radius 2 is 1.89 bits per heavy atom. The Morgan fingerprint density at radius 3 is 2.61 bits per heavy atom. The molecule has 6 nitrogen and oxygen atoms in total. The van der Waals surface area contributed by atoms with E-state index in [1.807, 2.05) is 60.4 Å². The zero-order valence-corrected chi connectivity index (χ0v) is 17.0. The van der Waals surface area contributed by atoms with Gasteiger partial charge < -0.3 is 9.30 Å². The first-order valence-corrected chi connectivity index (χ1v) is 9.96. The van der Waals surface area contributed by atoms with Gasteiger partial charge in [0.2, 0.25) is 0 Å². The zero-order chi connectivity index (χ0) is 19.9. The summed E-state index contributed by atoms with van der Waals surface area (Å²) < 4.78 is 2.04. The van der Waals surface area contributed by atoms with Crippen LogP contribution in [-0.2, 0) is 13.1 Å². The first kappa shape index (κ1) is 20.0. The van der Waals surface area contributed by atoms with E-state index in [4.69, 9.17) is 0 Å². The van der Waals surface area contributed by atoms with Crippen LogP contribution in [0.4, 0.5) is 0 Å². The highest BCUT2D eigenvalue weighted by atomic mass is 16.2. The van der Waals surface area contributed by atoms with Crippen molar-refractivity contribution in [1.82, 2.24) is 24.2 Å². The summed E-state index contributed by atoms with van der Waals surface area (Å²) in [5.74, 6) is -0.00730. The number of hydrogen-bond donors (Lipinski definition) is 0. The van der Waals surface area contributed by atoms with Crippen LogP contribution in [0.3, 0.4) is 0 Å². The van der Waals surface area contributed by atoms with Crippen molar-refractivity contribution in [3.63, 3.8) is 0 Å². The van der Waals surface area contributed by atoms with Crippen LogP contribution in [0.1, 0.15) is 48.4 Å². The molecule has 0 aliphatic carbocycles. The lowest BCUT2D eigenvalue weighted by atomic mass is 10.2. The molecule has 0 N–H and O–H groups in total. The van der Waals surface area contributed by atoms with Crippen molar-refractivity contribution in [2.75, 3.05) is 20.1 Å². The average molecular weight is 380 g/mol. The van der Waals surface area contributed by atoms with Crippen molar-refractivity contribution in [1.29, 1.82) is 0 Å². The molecule has 3 aromatic heterocycles. The minimum atomic E-state index is -0.00730. The molecule has 0 atom stereocenters. The standard InChI is InChI=1S/C22H29N5O/c1-4-6-14-25(3)22(28)21-19(27-15-8-7-9-20(27)24-21)17-26(5-2)16-18-10-12-23-13-11-18/h7-13,15H,4-6,14,16-17H2,1-3H3. The van der Waals surface area contributed by atoms with Gasteiger partial charge in [0.1, 0.15) is 5.65 Å². The van der Waals surface area contributed by atoms with Gasteiger partial charge in [-0.1, -0.05) is 26.3 Å².